The SMILES string of the molecule is CC(C)(C)c1ccc2c(c1)c1cc(C(C)(C)C)ccc1n2-c1ccc(-c2ncccc2-c2cccnc2-c2ccc(-n3c4ccc(C(C)(C)C)cc4c4cc(C(C)(C)C)ccc43)cc2)cc1. The molecule has 0 amide bonds. The fraction of sp³-hybridized carbons (Fsp3) is 0.258. The molecule has 10 aromatic rings. The number of hydrogen-bond donors (Lipinski definition) is 0. The standard InChI is InChI=1S/C62H62N4/c1-59(2,3)41-21-29-53-49(35-41)50-36-42(60(4,5)6)22-30-54(50)65(53)45-25-17-39(18-26-45)57-47(15-13-33-63-57)48-16-14-34-64-58(48)40-19-27-46(28-20-40)66-55-31-23-43(61(7,8)9)37-51(55)52-38-44(62(10,11)12)24-32-56(52)66/h13-38H,1-12H3. The fourth-order valence-corrected chi connectivity index (χ4v) is 9.71. The van der Waals surface area contributed by atoms with Crippen LogP contribution in [0.1, 0.15) is 105 Å². The van der Waals surface area contributed by atoms with E-state index in [-0.39, 0.29) is 21.7 Å². The summed E-state index contributed by atoms with van der Waals surface area (Å²) in [7, 11) is 0. The van der Waals surface area contributed by atoms with Gasteiger partial charge in [-0.15, -0.1) is 0 Å². The molecule has 0 spiro atoms. The minimum Gasteiger partial charge on any atom is -0.309 e. The van der Waals surface area contributed by atoms with Crippen LogP contribution in [0.3, 0.4) is 0 Å². The van der Waals surface area contributed by atoms with E-state index in [9.17, 15) is 0 Å². The number of hydrogen-bond acceptors (Lipinski definition) is 2. The molecule has 66 heavy (non-hydrogen) atoms. The molecule has 330 valence electrons. The minimum absolute atomic E-state index is 0.0470. The molecule has 6 aromatic carbocycles. The number of benzene rings is 6. The second kappa shape index (κ2) is 15.4. The Morgan fingerprint density at radius 3 is 0.848 bits per heavy atom. The topological polar surface area (TPSA) is 35.6 Å². The van der Waals surface area contributed by atoms with E-state index >= 15 is 0 Å². The summed E-state index contributed by atoms with van der Waals surface area (Å²) in [6.07, 6.45) is 3.79. The van der Waals surface area contributed by atoms with Gasteiger partial charge < -0.3 is 9.13 Å². The van der Waals surface area contributed by atoms with Gasteiger partial charge in [-0.2, -0.15) is 0 Å². The number of pyridine rings is 2. The first-order valence-electron chi connectivity index (χ1n) is 23.6. The normalized spacial score (nSPS) is 12.8. The highest BCUT2D eigenvalue weighted by molar-refractivity contribution is 6.11. The first-order valence-corrected chi connectivity index (χ1v) is 23.6. The first kappa shape index (κ1) is 43.1. The summed E-state index contributed by atoms with van der Waals surface area (Å²) in [5.41, 5.74) is 18.7. The summed E-state index contributed by atoms with van der Waals surface area (Å²) in [5.74, 6) is 0. The number of rotatable bonds is 5. The van der Waals surface area contributed by atoms with Crippen LogP contribution in [0.5, 0.6) is 0 Å². The molecule has 4 nitrogen and oxygen atoms in total. The van der Waals surface area contributed by atoms with Gasteiger partial charge in [0.25, 0.3) is 0 Å². The Morgan fingerprint density at radius 2 is 0.591 bits per heavy atom. The molecule has 0 aliphatic rings. The molecule has 10 rings (SSSR count). The quantitative estimate of drug-likeness (QED) is 0.173. The number of aromatic nitrogens is 4. The maximum Gasteiger partial charge on any atom is 0.0781 e. The second-order valence-corrected chi connectivity index (χ2v) is 22.5. The maximum absolute atomic E-state index is 5.03. The van der Waals surface area contributed by atoms with Crippen molar-refractivity contribution in [3.8, 4) is 45.0 Å². The Bertz CT molecular complexity index is 3100. The van der Waals surface area contributed by atoms with Crippen LogP contribution in [0.2, 0.25) is 0 Å². The average molecular weight is 863 g/mol. The summed E-state index contributed by atoms with van der Waals surface area (Å²) in [4.78, 5) is 10.1. The molecular weight excluding hydrogens is 801 g/mol. The van der Waals surface area contributed by atoms with Gasteiger partial charge in [0.2, 0.25) is 0 Å². The lowest BCUT2D eigenvalue weighted by molar-refractivity contribution is 0.590. The molecular formula is C62H62N4. The molecule has 0 unspecified atom stereocenters. The van der Waals surface area contributed by atoms with Crippen LogP contribution in [0.25, 0.3) is 88.6 Å². The molecule has 4 heterocycles. The lowest BCUT2D eigenvalue weighted by Crippen LogP contribution is -2.10. The van der Waals surface area contributed by atoms with Gasteiger partial charge in [-0.05, 0) is 129 Å². The zero-order valence-electron chi connectivity index (χ0n) is 40.8. The predicted octanol–water partition coefficient (Wildman–Crippen LogP) is 16.9. The number of nitrogens with zero attached hydrogens (tertiary/aromatic N) is 4. The van der Waals surface area contributed by atoms with Crippen molar-refractivity contribution >= 4 is 43.6 Å². The van der Waals surface area contributed by atoms with Crippen LogP contribution in [0.4, 0.5) is 0 Å². The highest BCUT2D eigenvalue weighted by atomic mass is 15.0. The molecule has 0 fully saturated rings. The van der Waals surface area contributed by atoms with Gasteiger partial charge in [0, 0.05) is 67.6 Å². The molecule has 4 aromatic heterocycles. The van der Waals surface area contributed by atoms with E-state index < -0.39 is 0 Å². The molecule has 0 bridgehead atoms. The van der Waals surface area contributed by atoms with Crippen LogP contribution < -0.4 is 0 Å². The van der Waals surface area contributed by atoms with E-state index in [1.165, 1.54) is 65.9 Å². The second-order valence-electron chi connectivity index (χ2n) is 22.5. The van der Waals surface area contributed by atoms with Gasteiger partial charge in [0.05, 0.1) is 33.5 Å². The molecule has 0 N–H and O–H groups in total. The summed E-state index contributed by atoms with van der Waals surface area (Å²) >= 11 is 0. The summed E-state index contributed by atoms with van der Waals surface area (Å²) < 4.78 is 4.84. The third-order valence-electron chi connectivity index (χ3n) is 13.7. The van der Waals surface area contributed by atoms with Crippen molar-refractivity contribution < 1.29 is 0 Å². The Hall–Kier alpha value is -6.78. The van der Waals surface area contributed by atoms with E-state index in [4.69, 9.17) is 9.97 Å². The molecule has 0 aliphatic heterocycles. The third kappa shape index (κ3) is 7.51. The zero-order chi connectivity index (χ0) is 46.5. The van der Waals surface area contributed by atoms with Crippen molar-refractivity contribution in [1.29, 1.82) is 0 Å². The van der Waals surface area contributed by atoms with Crippen LogP contribution in [0.15, 0.2) is 158 Å². The molecule has 0 atom stereocenters. The van der Waals surface area contributed by atoms with Gasteiger partial charge in [-0.25, -0.2) is 0 Å². The Balaban J connectivity index is 1.03. The average Bonchev–Trinajstić information content (AvgIpc) is 3.79. The van der Waals surface area contributed by atoms with Crippen molar-refractivity contribution in [2.75, 3.05) is 0 Å². The predicted molar refractivity (Wildman–Crippen MR) is 282 cm³/mol. The molecule has 0 aliphatic carbocycles. The summed E-state index contributed by atoms with van der Waals surface area (Å²) in [6, 6.07) is 54.3. The lowest BCUT2D eigenvalue weighted by Gasteiger charge is -2.19. The highest BCUT2D eigenvalue weighted by Gasteiger charge is 2.24. The monoisotopic (exact) mass is 862 g/mol. The van der Waals surface area contributed by atoms with E-state index in [2.05, 4.69) is 226 Å². The van der Waals surface area contributed by atoms with Gasteiger partial charge in [0.15, 0.2) is 0 Å². The van der Waals surface area contributed by atoms with Gasteiger partial charge in [0.1, 0.15) is 0 Å². The van der Waals surface area contributed by atoms with E-state index in [0.29, 0.717) is 0 Å². The Labute approximate surface area is 391 Å². The van der Waals surface area contributed by atoms with Gasteiger partial charge >= 0.3 is 0 Å². The maximum atomic E-state index is 5.03. The van der Waals surface area contributed by atoms with Crippen molar-refractivity contribution in [2.24, 2.45) is 0 Å². The Morgan fingerprint density at radius 1 is 0.318 bits per heavy atom. The van der Waals surface area contributed by atoms with Crippen LogP contribution in [-0.4, -0.2) is 19.1 Å². The molecule has 4 heteroatoms. The van der Waals surface area contributed by atoms with Crippen molar-refractivity contribution in [1.82, 2.24) is 19.1 Å². The summed E-state index contributed by atoms with van der Waals surface area (Å²) in [5, 5.41) is 5.15. The smallest absolute Gasteiger partial charge is 0.0781 e. The highest BCUT2D eigenvalue weighted by Crippen LogP contribution is 2.42. The molecule has 0 saturated heterocycles. The number of fused-ring (bicyclic) bond motifs is 6. The summed E-state index contributed by atoms with van der Waals surface area (Å²) in [6.45, 7) is 27.5. The van der Waals surface area contributed by atoms with Gasteiger partial charge in [-0.3, -0.25) is 9.97 Å². The van der Waals surface area contributed by atoms with Gasteiger partial charge in [-0.1, -0.05) is 144 Å². The third-order valence-corrected chi connectivity index (χ3v) is 13.7. The van der Waals surface area contributed by atoms with Crippen LogP contribution in [0, 0.1) is 0 Å². The van der Waals surface area contributed by atoms with Crippen LogP contribution in [-0.2, 0) is 21.7 Å². The minimum atomic E-state index is 0.0470. The first-order chi connectivity index (χ1) is 31.3. The fourth-order valence-electron chi connectivity index (χ4n) is 9.71. The van der Waals surface area contributed by atoms with Crippen LogP contribution >= 0.6 is 0 Å². The molecule has 0 saturated carbocycles. The van der Waals surface area contributed by atoms with E-state index in [1.54, 1.807) is 0 Å². The van der Waals surface area contributed by atoms with Crippen molar-refractivity contribution in [2.45, 2.75) is 105 Å². The Kier molecular flexibility index (Phi) is 10.1. The largest absolute Gasteiger partial charge is 0.309 e. The zero-order valence-corrected chi connectivity index (χ0v) is 40.8. The van der Waals surface area contributed by atoms with E-state index in [0.717, 1.165) is 45.0 Å². The van der Waals surface area contributed by atoms with Crippen molar-refractivity contribution in [3.63, 3.8) is 0 Å². The van der Waals surface area contributed by atoms with E-state index in [1.807, 2.05) is 24.5 Å². The lowest BCUT2D eigenvalue weighted by atomic mass is 9.85. The molecule has 0 radical (unpaired) electrons. The van der Waals surface area contributed by atoms with Crippen molar-refractivity contribution in [3.05, 3.63) is 180 Å².